The van der Waals surface area contributed by atoms with E-state index in [-0.39, 0.29) is 400 Å². The molecule has 1 atom stereocenters. The quantitative estimate of drug-likeness (QED) is 0.0353. The number of ether oxygens (including phenoxy) is 20. The minimum atomic E-state index is -1.09. The minimum absolute atomic E-state index is 0.0209. The van der Waals surface area contributed by atoms with Crippen molar-refractivity contribution >= 4 is 82.5 Å². The predicted molar refractivity (Wildman–Crippen MR) is 479 cm³/mol. The maximum Gasteiger partial charge on any atom is 0.306 e. The Bertz CT molecular complexity index is 2930. The second kappa shape index (κ2) is 98.9. The zero-order valence-corrected chi connectivity index (χ0v) is 78.8. The first kappa shape index (κ1) is 125. The van der Waals surface area contributed by atoms with Crippen molar-refractivity contribution in [2.24, 2.45) is 5.92 Å². The number of unbranched alkanes of at least 4 members (excludes halogenated alkanes) is 15. The highest BCUT2D eigenvalue weighted by Gasteiger charge is 2.23. The topological polar surface area (TPSA) is 572 Å². The van der Waals surface area contributed by atoms with Crippen LogP contribution in [0.1, 0.15) is 155 Å². The molecule has 11 N–H and O–H groups in total. The van der Waals surface area contributed by atoms with Crippen LogP contribution in [-0.4, -0.2) is 416 Å². The zero-order valence-electron chi connectivity index (χ0n) is 78.8. The van der Waals surface area contributed by atoms with Gasteiger partial charge >= 0.3 is 11.9 Å². The molecule has 0 fully saturated rings. The average Bonchev–Trinajstić information content (AvgIpc) is 0.927. The Hall–Kier alpha value is -7.62. The normalized spacial score (nSPS) is 11.4. The fourth-order valence-electron chi connectivity index (χ4n) is 11.3. The summed E-state index contributed by atoms with van der Waals surface area (Å²) in [5.41, 5.74) is 0. The Labute approximate surface area is 783 Å². The summed E-state index contributed by atoms with van der Waals surface area (Å²) in [6, 6.07) is 0. The highest BCUT2D eigenvalue weighted by Crippen LogP contribution is 2.18. The summed E-state index contributed by atoms with van der Waals surface area (Å²) in [5, 5.41) is 42.3. The van der Waals surface area contributed by atoms with Crippen LogP contribution in [0, 0.1) is 5.92 Å². The van der Waals surface area contributed by atoms with Gasteiger partial charge in [0.15, 0.2) is 11.6 Å². The van der Waals surface area contributed by atoms with Crippen molar-refractivity contribution in [3.05, 3.63) is 0 Å². The second-order valence-corrected chi connectivity index (χ2v) is 30.0. The Morgan fingerprint density at radius 2 is 0.391 bits per heavy atom. The Morgan fingerprint density at radius 1 is 0.195 bits per heavy atom. The van der Waals surface area contributed by atoms with Crippen molar-refractivity contribution in [3.63, 3.8) is 0 Å². The van der Waals surface area contributed by atoms with Crippen molar-refractivity contribution in [1.82, 2.24) is 47.9 Å². The second-order valence-electron chi connectivity index (χ2n) is 30.0. The number of amides is 9. The molecule has 0 aromatic rings. The number of ketones is 3. The predicted octanol–water partition coefficient (Wildman–Crippen LogP) is -0.151. The lowest BCUT2D eigenvalue weighted by atomic mass is 9.94. The largest absolute Gasteiger partial charge is 0.481 e. The number of carbonyl (C=O) groups is 14. The van der Waals surface area contributed by atoms with Gasteiger partial charge in [0.1, 0.15) is 71.9 Å². The van der Waals surface area contributed by atoms with E-state index in [1.807, 2.05) is 0 Å². The molecule has 0 heterocycles. The van der Waals surface area contributed by atoms with Crippen LogP contribution in [0.2, 0.25) is 0 Å². The van der Waals surface area contributed by atoms with Crippen LogP contribution in [0.5, 0.6) is 0 Å². The molecule has 0 rings (SSSR count). The van der Waals surface area contributed by atoms with Gasteiger partial charge in [-0.3, -0.25) is 67.1 Å². The van der Waals surface area contributed by atoms with Crippen molar-refractivity contribution in [1.29, 1.82) is 0 Å². The molecule has 133 heavy (non-hydrogen) atoms. The van der Waals surface area contributed by atoms with Crippen LogP contribution in [0.4, 0.5) is 0 Å². The van der Waals surface area contributed by atoms with Crippen LogP contribution in [0.3, 0.4) is 0 Å². The Kier molecular flexibility index (Phi) is 93.2. The number of rotatable bonds is 106. The highest BCUT2D eigenvalue weighted by atomic mass is 16.6. The van der Waals surface area contributed by atoms with Crippen LogP contribution >= 0.6 is 0 Å². The first-order chi connectivity index (χ1) is 64.8. The van der Waals surface area contributed by atoms with E-state index in [0.717, 1.165) is 44.9 Å². The maximum absolute atomic E-state index is 12.5. The molecule has 45 heteroatoms. The molecule has 0 saturated heterocycles. The van der Waals surface area contributed by atoms with E-state index in [0.29, 0.717) is 39.1 Å². The smallest absolute Gasteiger partial charge is 0.306 e. The maximum atomic E-state index is 12.5. The summed E-state index contributed by atoms with van der Waals surface area (Å²) in [6.45, 7) is 8.50. The van der Waals surface area contributed by atoms with Crippen molar-refractivity contribution < 1.29 is 172 Å². The van der Waals surface area contributed by atoms with Gasteiger partial charge in [-0.25, -0.2) is 0 Å². The molecule has 45 nitrogen and oxygen atoms in total. The van der Waals surface area contributed by atoms with Crippen LogP contribution in [0.25, 0.3) is 0 Å². The highest BCUT2D eigenvalue weighted by molar-refractivity contribution is 5.85. The molecular weight excluding hydrogens is 1760 g/mol. The molecule has 0 saturated carbocycles. The molecule has 0 unspecified atom stereocenters. The monoisotopic (exact) mass is 1920 g/mol. The number of nitrogens with one attached hydrogen (secondary N) is 9. The van der Waals surface area contributed by atoms with E-state index < -0.39 is 17.9 Å². The number of carboxylic acids is 2. The lowest BCUT2D eigenvalue weighted by Gasteiger charge is -2.12. The van der Waals surface area contributed by atoms with E-state index in [1.54, 1.807) is 0 Å². The average molecular weight is 1920 g/mol. The fraction of sp³-hybridized carbons (Fsp3) is 0.841. The van der Waals surface area contributed by atoms with Gasteiger partial charge in [-0.05, 0) is 32.6 Å². The molecule has 0 spiro atoms. The summed E-state index contributed by atoms with van der Waals surface area (Å²) in [5.74, 6) is -5.98. The van der Waals surface area contributed by atoms with Gasteiger partial charge < -0.3 is 153 Å². The summed E-state index contributed by atoms with van der Waals surface area (Å²) >= 11 is 0. The number of carbonyl (C=O) groups excluding carboxylic acids is 12. The fourth-order valence-corrected chi connectivity index (χ4v) is 11.3. The van der Waals surface area contributed by atoms with Gasteiger partial charge in [0.25, 0.3) is 0 Å². The molecule has 9 amide bonds. The van der Waals surface area contributed by atoms with Crippen LogP contribution in [0.15, 0.2) is 0 Å². The molecule has 0 aliphatic heterocycles. The summed E-state index contributed by atoms with van der Waals surface area (Å²) in [6.07, 6.45) is 19.3. The summed E-state index contributed by atoms with van der Waals surface area (Å²) in [4.78, 5) is 166. The lowest BCUT2D eigenvalue weighted by molar-refractivity contribution is -0.144. The lowest BCUT2D eigenvalue weighted by Crippen LogP contribution is -2.33. The molecule has 0 bridgehead atoms. The summed E-state index contributed by atoms with van der Waals surface area (Å²) in [7, 11) is 0. The zero-order chi connectivity index (χ0) is 97.1. The number of carboxylic acid groups (broad SMARTS) is 2. The van der Waals surface area contributed by atoms with Gasteiger partial charge in [-0.2, -0.15) is 0 Å². The number of hydrogen-bond acceptors (Lipinski definition) is 34. The Morgan fingerprint density at radius 3 is 0.624 bits per heavy atom. The molecule has 0 aliphatic carbocycles. The number of Topliss-reactive ketones (excluding diaryl/α,β-unsaturated/α-hetero) is 3. The number of hydrogen-bond donors (Lipinski definition) is 11. The van der Waals surface area contributed by atoms with E-state index >= 15 is 0 Å². The molecule has 0 aromatic heterocycles. The molecular formula is C88H159N9O36. The third-order valence-electron chi connectivity index (χ3n) is 18.2. The summed E-state index contributed by atoms with van der Waals surface area (Å²) < 4.78 is 107. The van der Waals surface area contributed by atoms with Gasteiger partial charge in [-0.15, -0.1) is 0 Å². The van der Waals surface area contributed by atoms with E-state index in [4.69, 9.17) is 99.8 Å². The van der Waals surface area contributed by atoms with Crippen molar-refractivity contribution in [2.45, 2.75) is 155 Å². The molecule has 0 aliphatic rings. The van der Waals surface area contributed by atoms with Crippen LogP contribution < -0.4 is 47.9 Å². The SMILES string of the molecule is CC(=O)COCCOCCCC(=O)COCCOCCNC(=O)COCCOCCNC(=O)COCCOCCNC(=O)COCCOCCNC(=O)COCCOCCNC(=O)COCCOCCNC(=O)COCCOCCNC(=O)COCCOCCNC(=O)COCCOCCNC(=O)CC[C@H](CC(=O)CCCCCCCCCCCCCCCCCCC(=O)O)C(=O)O. The van der Waals surface area contributed by atoms with Gasteiger partial charge in [0.05, 0.1) is 198 Å². The first-order valence-corrected chi connectivity index (χ1v) is 46.7. The third-order valence-corrected chi connectivity index (χ3v) is 18.2. The first-order valence-electron chi connectivity index (χ1n) is 46.7. The van der Waals surface area contributed by atoms with Gasteiger partial charge in [0, 0.05) is 97.6 Å². The van der Waals surface area contributed by atoms with E-state index in [1.165, 1.54) is 64.7 Å². The van der Waals surface area contributed by atoms with E-state index in [9.17, 15) is 72.2 Å². The van der Waals surface area contributed by atoms with Crippen LogP contribution in [-0.2, 0) is 162 Å². The standard InChI is InChI=1S/C88H159N9O36/c1-74(98)64-124-53-43-114-33-18-20-77(100)65-125-54-44-116-35-25-90-79(102)67-127-56-46-118-37-27-92-81(104)69-129-58-48-120-39-29-94-83(106)71-131-60-50-122-41-31-96-85(108)73-133-62-52-123-42-32-97-86(109)72-132-61-51-121-40-30-95-84(107)70-130-59-49-119-38-28-93-82(105)68-128-57-47-117-36-26-91-80(103)66-126-55-45-115-34-24-89-78(101)23-22-75(88(112)113)63-76(99)19-16-14-12-10-8-6-4-2-3-5-7-9-11-13-15-17-21-87(110)111/h75H,2-73H2,1H3,(H,89,101)(H,90,102)(H,91,103)(H,92,104)(H,93,105)(H,94,106)(H,95,107)(H,96,108)(H,97,109)(H,110,111)(H,112,113)/t75-/m1/s1. The molecule has 772 valence electrons. The molecule has 0 aromatic carbocycles. The van der Waals surface area contributed by atoms with Crippen molar-refractivity contribution in [2.75, 3.05) is 323 Å². The van der Waals surface area contributed by atoms with Crippen molar-refractivity contribution in [3.8, 4) is 0 Å². The Balaban J connectivity index is 3.50. The third kappa shape index (κ3) is 100. The van der Waals surface area contributed by atoms with Gasteiger partial charge in [0.2, 0.25) is 53.2 Å². The number of aliphatic carboxylic acids is 2. The van der Waals surface area contributed by atoms with Gasteiger partial charge in [-0.1, -0.05) is 89.9 Å². The molecule has 0 radical (unpaired) electrons. The minimum Gasteiger partial charge on any atom is -0.481 e. The van der Waals surface area contributed by atoms with E-state index in [2.05, 4.69) is 47.9 Å².